The zero-order valence-corrected chi connectivity index (χ0v) is 14.0. The number of rotatable bonds is 4. The van der Waals surface area contributed by atoms with E-state index in [9.17, 15) is 4.79 Å². The Balaban J connectivity index is 1.88. The number of nitrogens with one attached hydrogen (secondary N) is 1. The van der Waals surface area contributed by atoms with Crippen molar-refractivity contribution < 1.29 is 4.79 Å². The van der Waals surface area contributed by atoms with Crippen molar-refractivity contribution in [3.8, 4) is 10.4 Å². The minimum absolute atomic E-state index is 0.106. The van der Waals surface area contributed by atoms with Crippen molar-refractivity contribution in [1.82, 2.24) is 4.98 Å². The van der Waals surface area contributed by atoms with E-state index in [-0.39, 0.29) is 5.91 Å². The minimum Gasteiger partial charge on any atom is -0.306 e. The first-order valence-corrected chi connectivity index (χ1v) is 8.42. The zero-order valence-electron chi connectivity index (χ0n) is 13.2. The first kappa shape index (κ1) is 15.4. The molecule has 0 fully saturated rings. The Hall–Kier alpha value is -2.46. The number of aryl methyl sites for hydroxylation is 2. The summed E-state index contributed by atoms with van der Waals surface area (Å²) in [7, 11) is 0. The van der Waals surface area contributed by atoms with E-state index < -0.39 is 0 Å². The van der Waals surface area contributed by atoms with Gasteiger partial charge in [0.1, 0.15) is 5.82 Å². The Morgan fingerprint density at radius 2 is 1.91 bits per heavy atom. The SMILES string of the molecule is CCc1cc(C(=O)Nc2cccc(C)n2)sc1-c1ccccc1. The van der Waals surface area contributed by atoms with Gasteiger partial charge in [-0.2, -0.15) is 0 Å². The summed E-state index contributed by atoms with van der Waals surface area (Å²) in [6.45, 7) is 4.02. The van der Waals surface area contributed by atoms with Crippen LogP contribution in [-0.2, 0) is 6.42 Å². The number of hydrogen-bond acceptors (Lipinski definition) is 3. The molecule has 3 aromatic rings. The number of carbonyl (C=O) groups is 1. The quantitative estimate of drug-likeness (QED) is 0.739. The maximum atomic E-state index is 12.5. The number of aromatic nitrogens is 1. The molecule has 116 valence electrons. The third-order valence-corrected chi connectivity index (χ3v) is 4.80. The van der Waals surface area contributed by atoms with E-state index in [2.05, 4.69) is 29.4 Å². The summed E-state index contributed by atoms with van der Waals surface area (Å²) < 4.78 is 0. The predicted molar refractivity (Wildman–Crippen MR) is 96.1 cm³/mol. The van der Waals surface area contributed by atoms with Gasteiger partial charge in [-0.1, -0.05) is 43.3 Å². The lowest BCUT2D eigenvalue weighted by Gasteiger charge is -2.03. The van der Waals surface area contributed by atoms with Crippen LogP contribution < -0.4 is 5.32 Å². The van der Waals surface area contributed by atoms with Gasteiger partial charge in [-0.3, -0.25) is 4.79 Å². The van der Waals surface area contributed by atoms with Crippen LogP contribution in [-0.4, -0.2) is 10.9 Å². The van der Waals surface area contributed by atoms with Crippen LogP contribution in [0.25, 0.3) is 10.4 Å². The number of carbonyl (C=O) groups excluding carboxylic acids is 1. The number of pyridine rings is 1. The van der Waals surface area contributed by atoms with Crippen LogP contribution >= 0.6 is 11.3 Å². The molecule has 23 heavy (non-hydrogen) atoms. The third-order valence-electron chi connectivity index (χ3n) is 3.58. The van der Waals surface area contributed by atoms with E-state index >= 15 is 0 Å². The van der Waals surface area contributed by atoms with Crippen molar-refractivity contribution >= 4 is 23.1 Å². The van der Waals surface area contributed by atoms with Gasteiger partial charge in [0.2, 0.25) is 0 Å². The third kappa shape index (κ3) is 3.48. The largest absolute Gasteiger partial charge is 0.306 e. The molecule has 2 heterocycles. The Kier molecular flexibility index (Phi) is 4.53. The first-order chi connectivity index (χ1) is 11.2. The molecule has 3 rings (SSSR count). The Bertz CT molecular complexity index is 824. The van der Waals surface area contributed by atoms with Gasteiger partial charge in [0.05, 0.1) is 4.88 Å². The highest BCUT2D eigenvalue weighted by Gasteiger charge is 2.15. The molecule has 0 atom stereocenters. The second kappa shape index (κ2) is 6.75. The molecule has 1 N–H and O–H groups in total. The molecular weight excluding hydrogens is 304 g/mol. The Morgan fingerprint density at radius 1 is 1.13 bits per heavy atom. The fraction of sp³-hybridized carbons (Fsp3) is 0.158. The lowest BCUT2D eigenvalue weighted by molar-refractivity contribution is 0.103. The summed E-state index contributed by atoms with van der Waals surface area (Å²) in [6.07, 6.45) is 0.900. The molecule has 0 bridgehead atoms. The number of nitrogens with zero attached hydrogens (tertiary/aromatic N) is 1. The van der Waals surface area contributed by atoms with Crippen molar-refractivity contribution in [2.45, 2.75) is 20.3 Å². The molecule has 1 amide bonds. The molecular formula is C19H18N2OS. The monoisotopic (exact) mass is 322 g/mol. The molecule has 0 unspecified atom stereocenters. The lowest BCUT2D eigenvalue weighted by atomic mass is 10.1. The van der Waals surface area contributed by atoms with E-state index in [1.807, 2.05) is 43.3 Å². The van der Waals surface area contributed by atoms with E-state index in [0.29, 0.717) is 10.7 Å². The smallest absolute Gasteiger partial charge is 0.266 e. The number of benzene rings is 1. The highest BCUT2D eigenvalue weighted by molar-refractivity contribution is 7.17. The van der Waals surface area contributed by atoms with Crippen molar-refractivity contribution in [3.05, 3.63) is 70.7 Å². The predicted octanol–water partition coefficient (Wildman–Crippen LogP) is 4.93. The van der Waals surface area contributed by atoms with Crippen molar-refractivity contribution in [3.63, 3.8) is 0 Å². The van der Waals surface area contributed by atoms with Crippen LogP contribution in [0.1, 0.15) is 27.9 Å². The van der Waals surface area contributed by atoms with E-state index in [0.717, 1.165) is 22.6 Å². The van der Waals surface area contributed by atoms with Gasteiger partial charge in [0.25, 0.3) is 5.91 Å². The molecule has 0 aliphatic rings. The molecule has 4 heteroatoms. The van der Waals surface area contributed by atoms with E-state index in [4.69, 9.17) is 0 Å². The van der Waals surface area contributed by atoms with Gasteiger partial charge in [-0.25, -0.2) is 4.98 Å². The summed E-state index contributed by atoms with van der Waals surface area (Å²) in [4.78, 5) is 18.7. The normalized spacial score (nSPS) is 10.5. The summed E-state index contributed by atoms with van der Waals surface area (Å²) in [5.41, 5.74) is 3.24. The molecule has 0 aliphatic heterocycles. The molecule has 0 saturated heterocycles. The van der Waals surface area contributed by atoms with Crippen LogP contribution in [0.2, 0.25) is 0 Å². The van der Waals surface area contributed by atoms with Crippen LogP contribution in [0.5, 0.6) is 0 Å². The van der Waals surface area contributed by atoms with Gasteiger partial charge in [-0.15, -0.1) is 11.3 Å². The van der Waals surface area contributed by atoms with Gasteiger partial charge in [-0.05, 0) is 42.7 Å². The molecule has 3 nitrogen and oxygen atoms in total. The number of thiophene rings is 1. The summed E-state index contributed by atoms with van der Waals surface area (Å²) in [5.74, 6) is 0.479. The molecule has 0 radical (unpaired) electrons. The lowest BCUT2D eigenvalue weighted by Crippen LogP contribution is -2.11. The van der Waals surface area contributed by atoms with Crippen LogP contribution in [0.4, 0.5) is 5.82 Å². The number of hydrogen-bond donors (Lipinski definition) is 1. The first-order valence-electron chi connectivity index (χ1n) is 7.60. The van der Waals surface area contributed by atoms with E-state index in [1.165, 1.54) is 16.9 Å². The maximum Gasteiger partial charge on any atom is 0.266 e. The highest BCUT2D eigenvalue weighted by atomic mass is 32.1. The van der Waals surface area contributed by atoms with Crippen LogP contribution in [0, 0.1) is 6.92 Å². The van der Waals surface area contributed by atoms with Crippen molar-refractivity contribution in [2.24, 2.45) is 0 Å². The standard InChI is InChI=1S/C19H18N2OS/c1-3-14-12-16(23-18(14)15-9-5-4-6-10-15)19(22)21-17-11-7-8-13(2)20-17/h4-12H,3H2,1-2H3,(H,20,21,22). The fourth-order valence-corrected chi connectivity index (χ4v) is 3.58. The Morgan fingerprint density at radius 3 is 2.61 bits per heavy atom. The van der Waals surface area contributed by atoms with Gasteiger partial charge in [0, 0.05) is 10.6 Å². The maximum absolute atomic E-state index is 12.5. The molecule has 1 aromatic carbocycles. The second-order valence-corrected chi connectivity index (χ2v) is 6.36. The summed E-state index contributed by atoms with van der Waals surface area (Å²) >= 11 is 1.53. The van der Waals surface area contributed by atoms with Gasteiger partial charge < -0.3 is 5.32 Å². The average Bonchev–Trinajstić information content (AvgIpc) is 3.00. The van der Waals surface area contributed by atoms with Crippen molar-refractivity contribution in [1.29, 1.82) is 0 Å². The zero-order chi connectivity index (χ0) is 16.2. The topological polar surface area (TPSA) is 42.0 Å². The summed E-state index contributed by atoms with van der Waals surface area (Å²) in [6, 6.07) is 17.8. The van der Waals surface area contributed by atoms with E-state index in [1.54, 1.807) is 6.07 Å². The van der Waals surface area contributed by atoms with Crippen molar-refractivity contribution in [2.75, 3.05) is 5.32 Å². The van der Waals surface area contributed by atoms with Gasteiger partial charge >= 0.3 is 0 Å². The molecule has 0 spiro atoms. The molecule has 0 saturated carbocycles. The van der Waals surface area contributed by atoms with Crippen LogP contribution in [0.15, 0.2) is 54.6 Å². The fourth-order valence-electron chi connectivity index (χ4n) is 2.43. The molecule has 0 aliphatic carbocycles. The highest BCUT2D eigenvalue weighted by Crippen LogP contribution is 2.33. The Labute approximate surface area is 140 Å². The number of amides is 1. The second-order valence-electron chi connectivity index (χ2n) is 5.30. The molecule has 2 aromatic heterocycles. The van der Waals surface area contributed by atoms with Crippen LogP contribution in [0.3, 0.4) is 0 Å². The number of anilines is 1. The minimum atomic E-state index is -0.106. The summed E-state index contributed by atoms with van der Waals surface area (Å²) in [5, 5.41) is 2.88. The van der Waals surface area contributed by atoms with Gasteiger partial charge in [0.15, 0.2) is 0 Å². The average molecular weight is 322 g/mol.